The minimum atomic E-state index is -0.315. The summed E-state index contributed by atoms with van der Waals surface area (Å²) < 4.78 is 3.90. The Hall–Kier alpha value is -3.54. The molecule has 3 heterocycles. The number of rotatable bonds is 5. The van der Waals surface area contributed by atoms with Gasteiger partial charge in [0.2, 0.25) is 0 Å². The highest BCUT2D eigenvalue weighted by molar-refractivity contribution is 7.07. The molecule has 0 aliphatic carbocycles. The largest absolute Gasteiger partial charge is 0.368 e. The second kappa shape index (κ2) is 12.1. The zero-order valence-electron chi connectivity index (χ0n) is 21.7. The third-order valence-corrected chi connectivity index (χ3v) is 8.00. The highest BCUT2D eigenvalue weighted by Gasteiger charge is 2.26. The fourth-order valence-corrected chi connectivity index (χ4v) is 5.67. The van der Waals surface area contributed by atoms with Crippen molar-refractivity contribution in [3.63, 3.8) is 0 Å². The maximum atomic E-state index is 13.3. The molecular weight excluding hydrogens is 538 g/mol. The molecule has 1 aromatic heterocycles. The van der Waals surface area contributed by atoms with E-state index in [-0.39, 0.29) is 17.7 Å². The number of nitrogens with one attached hydrogen (secondary N) is 2. The Morgan fingerprint density at radius 1 is 0.923 bits per heavy atom. The smallest absolute Gasteiger partial charge is 0.267 e. The summed E-state index contributed by atoms with van der Waals surface area (Å²) in [5.41, 5.74) is 2.92. The van der Waals surface area contributed by atoms with Crippen LogP contribution in [0.2, 0.25) is 5.02 Å². The quantitative estimate of drug-likeness (QED) is 0.487. The van der Waals surface area contributed by atoms with Crippen LogP contribution in [0.3, 0.4) is 0 Å². The summed E-state index contributed by atoms with van der Waals surface area (Å²) in [5.74, 6) is -0.441. The van der Waals surface area contributed by atoms with Crippen LogP contribution in [-0.4, -0.2) is 89.5 Å². The number of aryl methyl sites for hydroxylation is 1. The highest BCUT2D eigenvalue weighted by atomic mass is 35.5. The second-order valence-corrected chi connectivity index (χ2v) is 10.7. The van der Waals surface area contributed by atoms with E-state index < -0.39 is 0 Å². The van der Waals surface area contributed by atoms with Crippen molar-refractivity contribution >= 4 is 52.2 Å². The molecule has 0 spiro atoms. The van der Waals surface area contributed by atoms with Crippen LogP contribution in [-0.2, 0) is 0 Å². The molecule has 39 heavy (non-hydrogen) atoms. The average molecular weight is 568 g/mol. The lowest BCUT2D eigenvalue weighted by atomic mass is 10.1. The van der Waals surface area contributed by atoms with Gasteiger partial charge in [0.15, 0.2) is 0 Å². The SMILES string of the molecule is Cc1nnsc1C(=O)N1CCCN(c2ccc(C(=O)N3CCNCC3)cc2NC(=O)c2cccc(Cl)c2)CC1. The Morgan fingerprint density at radius 3 is 2.46 bits per heavy atom. The molecule has 0 bridgehead atoms. The van der Waals surface area contributed by atoms with Gasteiger partial charge in [-0.25, -0.2) is 0 Å². The van der Waals surface area contributed by atoms with Crippen molar-refractivity contribution in [3.8, 4) is 0 Å². The molecule has 2 aliphatic heterocycles. The normalized spacial score (nSPS) is 16.1. The van der Waals surface area contributed by atoms with Gasteiger partial charge in [0.25, 0.3) is 17.7 Å². The lowest BCUT2D eigenvalue weighted by molar-refractivity contribution is 0.0734. The van der Waals surface area contributed by atoms with Gasteiger partial charge in [-0.1, -0.05) is 22.2 Å². The van der Waals surface area contributed by atoms with Crippen LogP contribution in [0.25, 0.3) is 0 Å². The Kier molecular flexibility index (Phi) is 8.39. The van der Waals surface area contributed by atoms with Crippen molar-refractivity contribution in [2.24, 2.45) is 0 Å². The van der Waals surface area contributed by atoms with Gasteiger partial charge in [-0.05, 0) is 61.3 Å². The van der Waals surface area contributed by atoms with Crippen LogP contribution < -0.4 is 15.5 Å². The number of nitrogens with zero attached hydrogens (tertiary/aromatic N) is 5. The van der Waals surface area contributed by atoms with E-state index in [0.29, 0.717) is 71.7 Å². The zero-order valence-corrected chi connectivity index (χ0v) is 23.2. The van der Waals surface area contributed by atoms with Gasteiger partial charge in [-0.2, -0.15) is 0 Å². The molecule has 2 aliphatic rings. The molecule has 12 heteroatoms. The summed E-state index contributed by atoms with van der Waals surface area (Å²) in [5, 5.41) is 10.7. The lowest BCUT2D eigenvalue weighted by Gasteiger charge is -2.29. The second-order valence-electron chi connectivity index (χ2n) is 9.56. The molecule has 0 radical (unpaired) electrons. The summed E-state index contributed by atoms with van der Waals surface area (Å²) in [6.45, 7) is 6.95. The Bertz CT molecular complexity index is 1370. The van der Waals surface area contributed by atoms with Gasteiger partial charge < -0.3 is 25.3 Å². The summed E-state index contributed by atoms with van der Waals surface area (Å²) in [6.07, 6.45) is 0.750. The van der Waals surface area contributed by atoms with Crippen molar-refractivity contribution in [2.75, 3.05) is 62.6 Å². The van der Waals surface area contributed by atoms with Crippen LogP contribution >= 0.6 is 23.1 Å². The van der Waals surface area contributed by atoms with Crippen molar-refractivity contribution in [1.82, 2.24) is 24.7 Å². The molecule has 3 aromatic rings. The molecule has 204 valence electrons. The fraction of sp³-hybridized carbons (Fsp3) is 0.370. The van der Waals surface area contributed by atoms with Crippen molar-refractivity contribution in [2.45, 2.75) is 13.3 Å². The van der Waals surface area contributed by atoms with E-state index in [4.69, 9.17) is 11.6 Å². The highest BCUT2D eigenvalue weighted by Crippen LogP contribution is 2.30. The molecule has 2 fully saturated rings. The van der Waals surface area contributed by atoms with Crippen molar-refractivity contribution < 1.29 is 14.4 Å². The van der Waals surface area contributed by atoms with Gasteiger partial charge in [0, 0.05) is 68.5 Å². The van der Waals surface area contributed by atoms with Gasteiger partial charge in [0.05, 0.1) is 17.1 Å². The summed E-state index contributed by atoms with van der Waals surface area (Å²) in [4.78, 5) is 45.9. The number of anilines is 2. The van der Waals surface area contributed by atoms with Gasteiger partial charge in [0.1, 0.15) is 4.88 Å². The van der Waals surface area contributed by atoms with Gasteiger partial charge in [-0.3, -0.25) is 14.4 Å². The minimum Gasteiger partial charge on any atom is -0.368 e. The topological polar surface area (TPSA) is 111 Å². The number of hydrogen-bond acceptors (Lipinski definition) is 8. The van der Waals surface area contributed by atoms with Gasteiger partial charge in [-0.15, -0.1) is 5.10 Å². The zero-order chi connectivity index (χ0) is 27.4. The van der Waals surface area contributed by atoms with Crippen LogP contribution in [0, 0.1) is 6.92 Å². The third-order valence-electron chi connectivity index (χ3n) is 6.95. The van der Waals surface area contributed by atoms with Crippen LogP contribution in [0.1, 0.15) is 42.5 Å². The average Bonchev–Trinajstić information content (AvgIpc) is 3.23. The van der Waals surface area contributed by atoms with Crippen LogP contribution in [0.5, 0.6) is 0 Å². The molecule has 2 saturated heterocycles. The van der Waals surface area contributed by atoms with E-state index in [1.807, 2.05) is 21.9 Å². The van der Waals surface area contributed by atoms with Crippen LogP contribution in [0.15, 0.2) is 42.5 Å². The molecule has 0 saturated carbocycles. The minimum absolute atomic E-state index is 0.0594. The number of piperazine rings is 1. The van der Waals surface area contributed by atoms with Crippen molar-refractivity contribution in [3.05, 3.63) is 69.2 Å². The molecule has 10 nitrogen and oxygen atoms in total. The lowest BCUT2D eigenvalue weighted by Crippen LogP contribution is -2.46. The summed E-state index contributed by atoms with van der Waals surface area (Å²) in [7, 11) is 0. The number of carbonyl (C=O) groups excluding carboxylic acids is 3. The number of aromatic nitrogens is 2. The predicted molar refractivity (Wildman–Crippen MR) is 152 cm³/mol. The molecule has 5 rings (SSSR count). The van der Waals surface area contributed by atoms with E-state index in [0.717, 1.165) is 36.7 Å². The fourth-order valence-electron chi connectivity index (χ4n) is 4.85. The van der Waals surface area contributed by atoms with Crippen LogP contribution in [0.4, 0.5) is 11.4 Å². The third kappa shape index (κ3) is 6.21. The number of carbonyl (C=O) groups is 3. The predicted octanol–water partition coefficient (Wildman–Crippen LogP) is 3.15. The van der Waals surface area contributed by atoms with E-state index in [1.54, 1.807) is 37.3 Å². The Morgan fingerprint density at radius 2 is 1.72 bits per heavy atom. The first-order chi connectivity index (χ1) is 18.9. The first kappa shape index (κ1) is 27.0. The number of hydrogen-bond donors (Lipinski definition) is 2. The molecule has 2 aromatic carbocycles. The first-order valence-electron chi connectivity index (χ1n) is 12.9. The van der Waals surface area contributed by atoms with E-state index in [9.17, 15) is 14.4 Å². The molecule has 2 N–H and O–H groups in total. The number of halogens is 1. The standard InChI is InChI=1S/C27H30ClN7O3S/c1-18-24(39-32-31-18)27(38)34-11-3-10-33(14-15-34)23-7-6-20(26(37)35-12-8-29-9-13-35)17-22(23)30-25(36)19-4-2-5-21(28)16-19/h2,4-7,16-17,29H,3,8-15H2,1H3,(H,30,36). The van der Waals surface area contributed by atoms with E-state index in [1.165, 1.54) is 0 Å². The maximum Gasteiger partial charge on any atom is 0.267 e. The monoisotopic (exact) mass is 567 g/mol. The van der Waals surface area contributed by atoms with E-state index in [2.05, 4.69) is 25.1 Å². The summed E-state index contributed by atoms with van der Waals surface area (Å²) in [6, 6.07) is 12.2. The number of benzene rings is 2. The van der Waals surface area contributed by atoms with Crippen molar-refractivity contribution in [1.29, 1.82) is 0 Å². The molecule has 0 atom stereocenters. The summed E-state index contributed by atoms with van der Waals surface area (Å²) >= 11 is 7.24. The first-order valence-corrected chi connectivity index (χ1v) is 14.1. The Labute approximate surface area is 236 Å². The Balaban J connectivity index is 1.40. The maximum absolute atomic E-state index is 13.3. The number of amides is 3. The molecular formula is C27H30ClN7O3S. The molecule has 0 unspecified atom stereocenters. The van der Waals surface area contributed by atoms with E-state index >= 15 is 0 Å². The molecule has 3 amide bonds. The van der Waals surface area contributed by atoms with Gasteiger partial charge >= 0.3 is 0 Å².